The predicted octanol–water partition coefficient (Wildman–Crippen LogP) is 3.80. The zero-order valence-electron chi connectivity index (χ0n) is 13.6. The summed E-state index contributed by atoms with van der Waals surface area (Å²) >= 11 is 0. The van der Waals surface area contributed by atoms with E-state index in [-0.39, 0.29) is 6.04 Å². The van der Waals surface area contributed by atoms with Crippen LogP contribution < -0.4 is 5.48 Å². The second-order valence-corrected chi connectivity index (χ2v) is 5.82. The normalized spacial score (nSPS) is 11.5. The van der Waals surface area contributed by atoms with E-state index < -0.39 is 5.91 Å². The summed E-state index contributed by atoms with van der Waals surface area (Å²) in [6.07, 6.45) is 2.92. The van der Waals surface area contributed by atoms with E-state index in [1.165, 1.54) is 6.08 Å². The lowest BCUT2D eigenvalue weighted by atomic mass is 10.1. The van der Waals surface area contributed by atoms with E-state index in [0.29, 0.717) is 0 Å². The first-order chi connectivity index (χ1) is 11.6. The Hall–Kier alpha value is -2.92. The minimum Gasteiger partial charge on any atom is -0.321 e. The molecule has 0 saturated carbocycles. The number of fused-ring (bicyclic) bond motifs is 1. The molecule has 3 aromatic rings. The molecule has 0 atom stereocenters. The fourth-order valence-corrected chi connectivity index (χ4v) is 2.74. The summed E-state index contributed by atoms with van der Waals surface area (Å²) in [5.74, 6) is 0.364. The number of carbonyl (C=O) groups excluding carboxylic acids is 1. The van der Waals surface area contributed by atoms with Gasteiger partial charge in [-0.1, -0.05) is 36.4 Å². The van der Waals surface area contributed by atoms with Crippen LogP contribution >= 0.6 is 0 Å². The highest BCUT2D eigenvalue weighted by molar-refractivity contribution is 5.91. The maximum absolute atomic E-state index is 11.1. The molecule has 2 aromatic carbocycles. The molecule has 3 rings (SSSR count). The number of aromatic nitrogens is 2. The quantitative estimate of drug-likeness (QED) is 0.436. The van der Waals surface area contributed by atoms with Crippen LogP contribution in [0.1, 0.15) is 25.5 Å². The average molecular weight is 321 g/mol. The highest BCUT2D eigenvalue weighted by Gasteiger charge is 2.14. The molecule has 0 aliphatic carbocycles. The molecule has 0 saturated heterocycles. The van der Waals surface area contributed by atoms with Crippen LogP contribution in [-0.2, 0) is 4.79 Å². The van der Waals surface area contributed by atoms with Crippen molar-refractivity contribution >= 4 is 23.0 Å². The summed E-state index contributed by atoms with van der Waals surface area (Å²) in [6.45, 7) is 4.26. The average Bonchev–Trinajstić information content (AvgIpc) is 2.99. The first-order valence-corrected chi connectivity index (χ1v) is 7.79. The third kappa shape index (κ3) is 3.07. The molecule has 0 aliphatic heterocycles. The van der Waals surface area contributed by atoms with Crippen molar-refractivity contribution in [3.05, 3.63) is 60.2 Å². The number of benzene rings is 2. The van der Waals surface area contributed by atoms with Crippen LogP contribution in [0, 0.1) is 0 Å². The Morgan fingerprint density at radius 2 is 1.96 bits per heavy atom. The van der Waals surface area contributed by atoms with E-state index in [0.717, 1.165) is 28.0 Å². The van der Waals surface area contributed by atoms with Crippen LogP contribution in [-0.4, -0.2) is 20.7 Å². The molecule has 5 nitrogen and oxygen atoms in total. The van der Waals surface area contributed by atoms with Crippen molar-refractivity contribution in [2.75, 3.05) is 0 Å². The van der Waals surface area contributed by atoms with Gasteiger partial charge in [0.1, 0.15) is 5.82 Å². The lowest BCUT2D eigenvalue weighted by Crippen LogP contribution is -2.14. The highest BCUT2D eigenvalue weighted by Crippen LogP contribution is 2.29. The predicted molar refractivity (Wildman–Crippen MR) is 94.5 cm³/mol. The SMILES string of the molecule is CC(C)n1c(-c2ccccc2)nc2cc(C=CC(=O)NO)ccc21. The van der Waals surface area contributed by atoms with Gasteiger partial charge in [0.25, 0.3) is 5.91 Å². The monoisotopic (exact) mass is 321 g/mol. The summed E-state index contributed by atoms with van der Waals surface area (Å²) in [6, 6.07) is 16.2. The van der Waals surface area contributed by atoms with Gasteiger partial charge in [-0.25, -0.2) is 10.5 Å². The topological polar surface area (TPSA) is 67.2 Å². The maximum Gasteiger partial charge on any atom is 0.267 e. The number of amides is 1. The molecular formula is C19H19N3O2. The van der Waals surface area contributed by atoms with Crippen molar-refractivity contribution in [1.82, 2.24) is 15.0 Å². The van der Waals surface area contributed by atoms with Crippen LogP contribution in [0.15, 0.2) is 54.6 Å². The maximum atomic E-state index is 11.1. The zero-order valence-corrected chi connectivity index (χ0v) is 13.6. The van der Waals surface area contributed by atoms with Gasteiger partial charge in [-0.3, -0.25) is 10.0 Å². The van der Waals surface area contributed by atoms with Gasteiger partial charge in [-0.15, -0.1) is 0 Å². The lowest BCUT2D eigenvalue weighted by Gasteiger charge is -2.13. The summed E-state index contributed by atoms with van der Waals surface area (Å²) in [5, 5.41) is 8.54. The van der Waals surface area contributed by atoms with Gasteiger partial charge >= 0.3 is 0 Å². The van der Waals surface area contributed by atoms with Crippen molar-refractivity contribution in [3.63, 3.8) is 0 Å². The van der Waals surface area contributed by atoms with Crippen LogP contribution in [0.2, 0.25) is 0 Å². The number of hydrogen-bond acceptors (Lipinski definition) is 3. The van der Waals surface area contributed by atoms with Gasteiger partial charge in [-0.05, 0) is 37.6 Å². The van der Waals surface area contributed by atoms with Crippen LogP contribution in [0.4, 0.5) is 0 Å². The van der Waals surface area contributed by atoms with Crippen LogP contribution in [0.5, 0.6) is 0 Å². The smallest absolute Gasteiger partial charge is 0.267 e. The number of nitrogens with one attached hydrogen (secondary N) is 1. The second kappa shape index (κ2) is 6.68. The van der Waals surface area contributed by atoms with Crippen LogP contribution in [0.25, 0.3) is 28.5 Å². The van der Waals surface area contributed by atoms with E-state index in [4.69, 9.17) is 10.2 Å². The van der Waals surface area contributed by atoms with E-state index in [9.17, 15) is 4.79 Å². The Kier molecular flexibility index (Phi) is 4.44. The van der Waals surface area contributed by atoms with Crippen molar-refractivity contribution in [1.29, 1.82) is 0 Å². The van der Waals surface area contributed by atoms with E-state index in [1.54, 1.807) is 11.6 Å². The number of imidazole rings is 1. The van der Waals surface area contributed by atoms with Crippen molar-refractivity contribution in [3.8, 4) is 11.4 Å². The Balaban J connectivity index is 2.11. The Morgan fingerprint density at radius 3 is 2.62 bits per heavy atom. The molecule has 2 N–H and O–H groups in total. The van der Waals surface area contributed by atoms with Crippen molar-refractivity contribution in [2.45, 2.75) is 19.9 Å². The van der Waals surface area contributed by atoms with Crippen LogP contribution in [0.3, 0.4) is 0 Å². The van der Waals surface area contributed by atoms with Gasteiger partial charge < -0.3 is 4.57 Å². The number of hydrogen-bond donors (Lipinski definition) is 2. The summed E-state index contributed by atoms with van der Waals surface area (Å²) in [5.41, 5.74) is 5.41. The molecule has 1 heterocycles. The molecule has 24 heavy (non-hydrogen) atoms. The molecule has 0 unspecified atom stereocenters. The fourth-order valence-electron chi connectivity index (χ4n) is 2.74. The zero-order chi connectivity index (χ0) is 17.1. The molecule has 0 aliphatic rings. The first kappa shape index (κ1) is 16.0. The van der Waals surface area contributed by atoms with Gasteiger partial charge in [0, 0.05) is 17.7 Å². The van der Waals surface area contributed by atoms with Gasteiger partial charge in [0.05, 0.1) is 11.0 Å². The van der Waals surface area contributed by atoms with Gasteiger partial charge in [-0.2, -0.15) is 0 Å². The molecule has 0 fully saturated rings. The molecule has 1 amide bonds. The molecular weight excluding hydrogens is 302 g/mol. The lowest BCUT2D eigenvalue weighted by molar-refractivity contribution is -0.124. The molecule has 5 heteroatoms. The number of rotatable bonds is 4. The number of hydroxylamine groups is 1. The highest BCUT2D eigenvalue weighted by atomic mass is 16.5. The van der Waals surface area contributed by atoms with Crippen molar-refractivity contribution < 1.29 is 10.0 Å². The van der Waals surface area contributed by atoms with Gasteiger partial charge in [0.15, 0.2) is 0 Å². The summed E-state index contributed by atoms with van der Waals surface area (Å²) in [4.78, 5) is 15.9. The third-order valence-corrected chi connectivity index (χ3v) is 3.80. The molecule has 0 radical (unpaired) electrons. The minimum absolute atomic E-state index is 0.270. The first-order valence-electron chi connectivity index (χ1n) is 7.79. The standard InChI is InChI=1S/C19H19N3O2/c1-13(2)22-17-10-8-14(9-11-18(23)21-24)12-16(17)20-19(22)15-6-4-3-5-7-15/h3-13,24H,1-2H3,(H,21,23). The molecule has 122 valence electrons. The summed E-state index contributed by atoms with van der Waals surface area (Å²) < 4.78 is 2.21. The Labute approximate surface area is 140 Å². The minimum atomic E-state index is -0.562. The number of carbonyl (C=O) groups is 1. The summed E-state index contributed by atoms with van der Waals surface area (Å²) in [7, 11) is 0. The van der Waals surface area contributed by atoms with E-state index >= 15 is 0 Å². The van der Waals surface area contributed by atoms with Crippen molar-refractivity contribution in [2.24, 2.45) is 0 Å². The fraction of sp³-hybridized carbons (Fsp3) is 0.158. The Bertz CT molecular complexity index is 896. The van der Waals surface area contributed by atoms with Gasteiger partial charge in [0.2, 0.25) is 0 Å². The largest absolute Gasteiger partial charge is 0.321 e. The Morgan fingerprint density at radius 1 is 1.21 bits per heavy atom. The molecule has 0 spiro atoms. The van der Waals surface area contributed by atoms with E-state index in [2.05, 4.69) is 18.4 Å². The number of nitrogens with zero attached hydrogens (tertiary/aromatic N) is 2. The molecule has 0 bridgehead atoms. The van der Waals surface area contributed by atoms with E-state index in [1.807, 2.05) is 48.5 Å². The second-order valence-electron chi connectivity index (χ2n) is 5.82. The third-order valence-electron chi connectivity index (χ3n) is 3.80. The molecule has 1 aromatic heterocycles.